The Kier molecular flexibility index (Phi) is 6.91. The van der Waals surface area contributed by atoms with Gasteiger partial charge in [-0.15, -0.1) is 15.3 Å². The van der Waals surface area contributed by atoms with E-state index in [1.54, 1.807) is 12.1 Å². The highest BCUT2D eigenvalue weighted by Crippen LogP contribution is 2.38. The van der Waals surface area contributed by atoms with Crippen molar-refractivity contribution < 1.29 is 33.2 Å². The second-order valence-corrected chi connectivity index (χ2v) is 9.15. The summed E-state index contributed by atoms with van der Waals surface area (Å²) >= 11 is 12.2. The number of ether oxygens (including phenoxy) is 1. The van der Waals surface area contributed by atoms with Crippen molar-refractivity contribution in [1.29, 1.82) is 0 Å². The third-order valence-electron chi connectivity index (χ3n) is 5.94. The molecule has 10 nitrogen and oxygen atoms in total. The van der Waals surface area contributed by atoms with Crippen molar-refractivity contribution in [2.24, 2.45) is 0 Å². The second-order valence-electron chi connectivity index (χ2n) is 8.27. The number of aliphatic hydroxyl groups is 3. The van der Waals surface area contributed by atoms with Gasteiger partial charge in [-0.05, 0) is 30.3 Å². The van der Waals surface area contributed by atoms with E-state index in [0.29, 0.717) is 15.7 Å². The number of hydrogen-bond donors (Lipinski definition) is 3. The van der Waals surface area contributed by atoms with Crippen LogP contribution in [0.1, 0.15) is 18.0 Å². The first-order chi connectivity index (χ1) is 17.7. The zero-order chi connectivity index (χ0) is 26.4. The number of halogens is 5. The van der Waals surface area contributed by atoms with Gasteiger partial charge >= 0.3 is 0 Å². The fraction of sp³-hybridized carbons (Fsp3) is 0.273. The average Bonchev–Trinajstić information content (AvgIpc) is 3.52. The molecule has 5 atom stereocenters. The predicted octanol–water partition coefficient (Wildman–Crippen LogP) is 2.65. The Morgan fingerprint density at radius 1 is 0.946 bits per heavy atom. The lowest BCUT2D eigenvalue weighted by atomic mass is 9.92. The van der Waals surface area contributed by atoms with Gasteiger partial charge < -0.3 is 20.1 Å². The first kappa shape index (κ1) is 25.6. The second kappa shape index (κ2) is 10.0. The summed E-state index contributed by atoms with van der Waals surface area (Å²) in [5, 5.41) is 48.3. The highest BCUT2D eigenvalue weighted by molar-refractivity contribution is 6.34. The van der Waals surface area contributed by atoms with Crippen molar-refractivity contribution in [2.45, 2.75) is 30.5 Å². The molecule has 0 radical (unpaired) electrons. The van der Waals surface area contributed by atoms with Crippen molar-refractivity contribution in [3.05, 3.63) is 76.2 Å². The topological polar surface area (TPSA) is 131 Å². The summed E-state index contributed by atoms with van der Waals surface area (Å²) in [6.07, 6.45) is -2.89. The molecule has 0 saturated carbocycles. The van der Waals surface area contributed by atoms with Gasteiger partial charge in [0.2, 0.25) is 0 Å². The number of aromatic nitrogens is 6. The molecule has 0 amide bonds. The molecule has 37 heavy (non-hydrogen) atoms. The smallest absolute Gasteiger partial charge is 0.194 e. The van der Waals surface area contributed by atoms with Gasteiger partial charge in [0.1, 0.15) is 42.5 Å². The molecule has 194 valence electrons. The Balaban J connectivity index is 1.52. The molecule has 5 rings (SSSR count). The Hall–Kier alpha value is -3.07. The van der Waals surface area contributed by atoms with Gasteiger partial charge in [0.15, 0.2) is 23.3 Å². The minimum atomic E-state index is -1.63. The molecule has 1 aliphatic heterocycles. The fourth-order valence-corrected chi connectivity index (χ4v) is 4.72. The van der Waals surface area contributed by atoms with E-state index in [1.165, 1.54) is 23.2 Å². The van der Waals surface area contributed by atoms with Gasteiger partial charge in [0, 0.05) is 15.6 Å². The largest absolute Gasteiger partial charge is 0.394 e. The van der Waals surface area contributed by atoms with Gasteiger partial charge in [0.25, 0.3) is 0 Å². The molecule has 1 saturated heterocycles. The van der Waals surface area contributed by atoms with Crippen LogP contribution >= 0.6 is 23.2 Å². The normalized spacial score (nSPS) is 23.9. The molecule has 0 aliphatic carbocycles. The summed E-state index contributed by atoms with van der Waals surface area (Å²) in [4.78, 5) is 0. The van der Waals surface area contributed by atoms with Crippen LogP contribution in [0.15, 0.2) is 42.9 Å². The molecule has 2 aromatic heterocycles. The van der Waals surface area contributed by atoms with Crippen LogP contribution in [0.5, 0.6) is 0 Å². The molecule has 0 spiro atoms. The van der Waals surface area contributed by atoms with E-state index in [0.717, 1.165) is 16.8 Å². The third kappa shape index (κ3) is 4.69. The first-order valence-corrected chi connectivity index (χ1v) is 11.5. The quantitative estimate of drug-likeness (QED) is 0.320. The van der Waals surface area contributed by atoms with Gasteiger partial charge in [-0.2, -0.15) is 0 Å². The van der Waals surface area contributed by atoms with Crippen molar-refractivity contribution in [3.8, 4) is 16.9 Å². The number of nitrogens with zero attached hydrogens (tertiary/aromatic N) is 6. The summed E-state index contributed by atoms with van der Waals surface area (Å²) in [5.74, 6) is -4.37. The summed E-state index contributed by atoms with van der Waals surface area (Å²) in [6.45, 7) is -0.631. The van der Waals surface area contributed by atoms with Crippen molar-refractivity contribution in [3.63, 3.8) is 0 Å². The molecule has 1 fully saturated rings. The van der Waals surface area contributed by atoms with Crippen molar-refractivity contribution in [2.75, 3.05) is 6.61 Å². The SMILES string of the molecule is OC[C@H]1O[C@@H](c2nncn2-c2cc(Cl)cc(Cl)c2)[C@H](O)[C@@H](n2cc(-c3cc(F)c(F)c(F)c3)nn2)[C@H]1O. The highest BCUT2D eigenvalue weighted by Gasteiger charge is 2.48. The monoisotopic (exact) mass is 556 g/mol. The highest BCUT2D eigenvalue weighted by atomic mass is 35.5. The molecule has 0 bridgehead atoms. The van der Waals surface area contributed by atoms with Crippen LogP contribution in [0.3, 0.4) is 0 Å². The van der Waals surface area contributed by atoms with Crippen LogP contribution < -0.4 is 0 Å². The Bertz CT molecular complexity index is 1410. The molecule has 3 N–H and O–H groups in total. The van der Waals surface area contributed by atoms with Crippen LogP contribution in [-0.4, -0.2) is 70.0 Å². The van der Waals surface area contributed by atoms with Crippen LogP contribution in [0.2, 0.25) is 10.0 Å². The van der Waals surface area contributed by atoms with E-state index in [9.17, 15) is 28.5 Å². The van der Waals surface area contributed by atoms with Crippen LogP contribution in [0, 0.1) is 17.5 Å². The molecule has 0 unspecified atom stereocenters. The van der Waals surface area contributed by atoms with Crippen LogP contribution in [0.4, 0.5) is 13.2 Å². The molecular weight excluding hydrogens is 540 g/mol. The van der Waals surface area contributed by atoms with Gasteiger partial charge in [0.05, 0.1) is 18.5 Å². The number of aliphatic hydroxyl groups excluding tert-OH is 3. The minimum absolute atomic E-state index is 0.0578. The number of rotatable bonds is 5. The maximum absolute atomic E-state index is 13.7. The standard InChI is InChI=1S/C22H17Cl2F3N6O4/c23-10-3-11(24)5-12(4-10)32-8-28-30-22(32)21-20(36)18(19(35)16(7-34)37-21)33-6-15(29-31-33)9-1-13(25)17(27)14(26)2-9/h1-6,8,16,18-21,34-36H,7H2/t16-,18+,19+,20-,21-/m1/s1. The molecular formula is C22H17Cl2F3N6O4. The van der Waals surface area contributed by atoms with Crippen LogP contribution in [-0.2, 0) is 4.74 Å². The molecule has 15 heteroatoms. The van der Waals surface area contributed by atoms with E-state index < -0.39 is 54.5 Å². The Morgan fingerprint density at radius 2 is 1.62 bits per heavy atom. The average molecular weight is 557 g/mol. The van der Waals surface area contributed by atoms with E-state index >= 15 is 0 Å². The maximum Gasteiger partial charge on any atom is 0.194 e. The van der Waals surface area contributed by atoms with Gasteiger partial charge in [-0.25, -0.2) is 17.9 Å². The van der Waals surface area contributed by atoms with E-state index in [-0.39, 0.29) is 17.1 Å². The fourth-order valence-electron chi connectivity index (χ4n) is 4.20. The molecule has 3 heterocycles. The van der Waals surface area contributed by atoms with Gasteiger partial charge in [-0.1, -0.05) is 28.4 Å². The van der Waals surface area contributed by atoms with Crippen molar-refractivity contribution in [1.82, 2.24) is 29.8 Å². The molecule has 4 aromatic rings. The summed E-state index contributed by atoms with van der Waals surface area (Å²) in [5.41, 5.74) is 0.281. The zero-order valence-electron chi connectivity index (χ0n) is 18.5. The zero-order valence-corrected chi connectivity index (χ0v) is 20.0. The first-order valence-electron chi connectivity index (χ1n) is 10.7. The predicted molar refractivity (Wildman–Crippen MR) is 122 cm³/mol. The summed E-state index contributed by atoms with van der Waals surface area (Å²) in [6, 6.07) is 4.91. The lowest BCUT2D eigenvalue weighted by Crippen LogP contribution is -2.53. The summed E-state index contributed by atoms with van der Waals surface area (Å²) < 4.78 is 49.1. The third-order valence-corrected chi connectivity index (χ3v) is 6.38. The van der Waals surface area contributed by atoms with Crippen LogP contribution in [0.25, 0.3) is 16.9 Å². The lowest BCUT2D eigenvalue weighted by molar-refractivity contribution is -0.210. The van der Waals surface area contributed by atoms with Crippen molar-refractivity contribution >= 4 is 23.2 Å². The molecule has 2 aromatic carbocycles. The number of benzene rings is 2. The minimum Gasteiger partial charge on any atom is -0.394 e. The van der Waals surface area contributed by atoms with E-state index in [4.69, 9.17) is 27.9 Å². The lowest BCUT2D eigenvalue weighted by Gasteiger charge is -2.41. The van der Waals surface area contributed by atoms with Gasteiger partial charge in [-0.3, -0.25) is 4.57 Å². The van der Waals surface area contributed by atoms with E-state index in [1.807, 2.05) is 0 Å². The maximum atomic E-state index is 13.7. The Labute approximate surface area is 216 Å². The number of hydrogen-bond acceptors (Lipinski definition) is 8. The molecule has 1 aliphatic rings. The Morgan fingerprint density at radius 3 is 2.27 bits per heavy atom. The summed E-state index contributed by atoms with van der Waals surface area (Å²) in [7, 11) is 0. The van der Waals surface area contributed by atoms with E-state index in [2.05, 4.69) is 20.5 Å².